The molecule has 0 fully saturated rings. The Bertz CT molecular complexity index is 721. The minimum absolute atomic E-state index is 0.228. The molecule has 1 aromatic heterocycles. The first kappa shape index (κ1) is 12.1. The molecule has 0 aliphatic heterocycles. The van der Waals surface area contributed by atoms with Gasteiger partial charge in [0.05, 0.1) is 0 Å². The van der Waals surface area contributed by atoms with Crippen LogP contribution < -0.4 is 4.74 Å². The lowest BCUT2D eigenvalue weighted by atomic mass is 10.2. The molecule has 3 aromatic rings. The zero-order valence-corrected chi connectivity index (χ0v) is 10.7. The molecule has 0 unspecified atom stereocenters. The molecule has 0 saturated carbocycles. The van der Waals surface area contributed by atoms with E-state index in [1.165, 1.54) is 29.5 Å². The Morgan fingerprint density at radius 1 is 1.00 bits per heavy atom. The molecule has 0 aliphatic carbocycles. The summed E-state index contributed by atoms with van der Waals surface area (Å²) >= 11 is 1.45. The summed E-state index contributed by atoms with van der Waals surface area (Å²) in [5, 5.41) is 0.971. The fourth-order valence-corrected chi connectivity index (χ4v) is 2.84. The first-order valence-corrected chi connectivity index (χ1v) is 6.59. The van der Waals surface area contributed by atoms with Crippen LogP contribution >= 0.6 is 11.3 Å². The molecule has 0 aliphatic rings. The summed E-state index contributed by atoms with van der Waals surface area (Å²) in [5.74, 6) is -0.406. The highest BCUT2D eigenvalue weighted by Gasteiger charge is 2.06. The molecule has 4 heteroatoms. The standard InChI is InChI=1S/C15H10F2OS/c16-11-6-5-10-7-12(19-15(10)8-11)9-18-14-4-2-1-3-13(14)17/h1-8H,9H2. The lowest BCUT2D eigenvalue weighted by Crippen LogP contribution is -1.94. The number of halogens is 2. The second-order valence-corrected chi connectivity index (χ2v) is 5.28. The number of para-hydroxylation sites is 1. The average molecular weight is 276 g/mol. The molecule has 2 aromatic carbocycles. The van der Waals surface area contributed by atoms with Crippen molar-refractivity contribution >= 4 is 21.4 Å². The first-order valence-electron chi connectivity index (χ1n) is 5.78. The zero-order valence-electron chi connectivity index (χ0n) is 9.90. The summed E-state index contributed by atoms with van der Waals surface area (Å²) in [7, 11) is 0. The topological polar surface area (TPSA) is 9.23 Å². The monoisotopic (exact) mass is 276 g/mol. The van der Waals surface area contributed by atoms with Gasteiger partial charge in [0.15, 0.2) is 11.6 Å². The van der Waals surface area contributed by atoms with E-state index in [0.29, 0.717) is 0 Å². The molecule has 3 rings (SSSR count). The molecule has 0 spiro atoms. The van der Waals surface area contributed by atoms with Crippen LogP contribution in [0, 0.1) is 11.6 Å². The predicted octanol–water partition coefficient (Wildman–Crippen LogP) is 4.76. The van der Waals surface area contributed by atoms with Crippen LogP contribution in [0.3, 0.4) is 0 Å². The molecule has 1 heterocycles. The SMILES string of the molecule is Fc1ccc2cc(COc3ccccc3F)sc2c1. The Labute approximate surface area is 113 Å². The number of rotatable bonds is 3. The van der Waals surface area contributed by atoms with Crippen molar-refractivity contribution in [2.45, 2.75) is 6.61 Å². The third-order valence-corrected chi connectivity index (χ3v) is 3.81. The van der Waals surface area contributed by atoms with Crippen LogP contribution in [0.1, 0.15) is 4.88 Å². The van der Waals surface area contributed by atoms with E-state index in [0.717, 1.165) is 15.0 Å². The lowest BCUT2D eigenvalue weighted by Gasteiger charge is -2.04. The molecule has 0 N–H and O–H groups in total. The summed E-state index contributed by atoms with van der Waals surface area (Å²) in [6.07, 6.45) is 0. The van der Waals surface area contributed by atoms with Gasteiger partial charge in [-0.2, -0.15) is 0 Å². The normalized spacial score (nSPS) is 10.8. The summed E-state index contributed by atoms with van der Waals surface area (Å²) in [6.45, 7) is 0.280. The molecule has 1 nitrogen and oxygen atoms in total. The van der Waals surface area contributed by atoms with Gasteiger partial charge in [-0.25, -0.2) is 8.78 Å². The van der Waals surface area contributed by atoms with Crippen LogP contribution in [-0.2, 0) is 6.61 Å². The fraction of sp³-hybridized carbons (Fsp3) is 0.0667. The van der Waals surface area contributed by atoms with Crippen LogP contribution in [0.4, 0.5) is 8.78 Å². The van der Waals surface area contributed by atoms with Gasteiger partial charge in [0.2, 0.25) is 0 Å². The van der Waals surface area contributed by atoms with Crippen molar-refractivity contribution in [3.8, 4) is 5.75 Å². The van der Waals surface area contributed by atoms with E-state index in [9.17, 15) is 8.78 Å². The first-order chi connectivity index (χ1) is 9.22. The molecule has 19 heavy (non-hydrogen) atoms. The van der Waals surface area contributed by atoms with E-state index in [4.69, 9.17) is 4.74 Å². The molecule has 0 atom stereocenters. The molecular formula is C15H10F2OS. The van der Waals surface area contributed by atoms with Crippen LogP contribution in [-0.4, -0.2) is 0 Å². The minimum atomic E-state index is -0.380. The zero-order chi connectivity index (χ0) is 13.2. The Hall–Kier alpha value is -1.94. The minimum Gasteiger partial charge on any atom is -0.485 e. The van der Waals surface area contributed by atoms with E-state index < -0.39 is 0 Å². The Balaban J connectivity index is 1.80. The van der Waals surface area contributed by atoms with E-state index >= 15 is 0 Å². The lowest BCUT2D eigenvalue weighted by molar-refractivity contribution is 0.293. The van der Waals surface area contributed by atoms with Crippen molar-refractivity contribution in [3.63, 3.8) is 0 Å². The number of fused-ring (bicyclic) bond motifs is 1. The quantitative estimate of drug-likeness (QED) is 0.670. The summed E-state index contributed by atoms with van der Waals surface area (Å²) < 4.78 is 32.7. The highest BCUT2D eigenvalue weighted by Crippen LogP contribution is 2.27. The van der Waals surface area contributed by atoms with Gasteiger partial charge >= 0.3 is 0 Å². The third-order valence-electron chi connectivity index (χ3n) is 2.74. The second kappa shape index (κ2) is 4.97. The van der Waals surface area contributed by atoms with E-state index in [2.05, 4.69) is 0 Å². The van der Waals surface area contributed by atoms with Crippen LogP contribution in [0.2, 0.25) is 0 Å². The van der Waals surface area contributed by atoms with Crippen LogP contribution in [0.25, 0.3) is 10.1 Å². The van der Waals surface area contributed by atoms with E-state index in [-0.39, 0.29) is 24.0 Å². The third kappa shape index (κ3) is 2.58. The number of ether oxygens (including phenoxy) is 1. The number of benzene rings is 2. The molecule has 0 bridgehead atoms. The highest BCUT2D eigenvalue weighted by atomic mass is 32.1. The van der Waals surface area contributed by atoms with Gasteiger partial charge < -0.3 is 4.74 Å². The van der Waals surface area contributed by atoms with Gasteiger partial charge in [0.1, 0.15) is 12.4 Å². The predicted molar refractivity (Wildman–Crippen MR) is 72.5 cm³/mol. The number of thiophene rings is 1. The van der Waals surface area contributed by atoms with Crippen LogP contribution in [0.5, 0.6) is 5.75 Å². The molecule has 96 valence electrons. The van der Waals surface area contributed by atoms with Gasteiger partial charge in [0.25, 0.3) is 0 Å². The molecule has 0 saturated heterocycles. The number of hydrogen-bond donors (Lipinski definition) is 0. The summed E-state index contributed by atoms with van der Waals surface area (Å²) in [4.78, 5) is 0.934. The van der Waals surface area contributed by atoms with E-state index in [1.807, 2.05) is 6.07 Å². The van der Waals surface area contributed by atoms with Gasteiger partial charge in [0, 0.05) is 9.58 Å². The number of hydrogen-bond acceptors (Lipinski definition) is 2. The second-order valence-electron chi connectivity index (χ2n) is 4.11. The van der Waals surface area contributed by atoms with E-state index in [1.54, 1.807) is 24.3 Å². The molecule has 0 radical (unpaired) electrons. The van der Waals surface area contributed by atoms with Crippen molar-refractivity contribution < 1.29 is 13.5 Å². The van der Waals surface area contributed by atoms with Gasteiger partial charge in [-0.05, 0) is 35.7 Å². The summed E-state index contributed by atoms with van der Waals surface area (Å²) in [6, 6.07) is 12.9. The van der Waals surface area contributed by atoms with Crippen molar-refractivity contribution in [1.29, 1.82) is 0 Å². The smallest absolute Gasteiger partial charge is 0.165 e. The Morgan fingerprint density at radius 3 is 2.68 bits per heavy atom. The Morgan fingerprint density at radius 2 is 1.84 bits per heavy atom. The molecule has 0 amide bonds. The van der Waals surface area contributed by atoms with Crippen molar-refractivity contribution in [3.05, 3.63) is 65.0 Å². The maximum atomic E-state index is 13.4. The molecular weight excluding hydrogens is 266 g/mol. The van der Waals surface area contributed by atoms with Crippen molar-refractivity contribution in [2.75, 3.05) is 0 Å². The van der Waals surface area contributed by atoms with Crippen molar-refractivity contribution in [2.24, 2.45) is 0 Å². The Kier molecular flexibility index (Phi) is 3.17. The van der Waals surface area contributed by atoms with Crippen molar-refractivity contribution in [1.82, 2.24) is 0 Å². The average Bonchev–Trinajstić information content (AvgIpc) is 2.79. The van der Waals surface area contributed by atoms with Crippen LogP contribution in [0.15, 0.2) is 48.5 Å². The van der Waals surface area contributed by atoms with Gasteiger partial charge in [-0.15, -0.1) is 11.3 Å². The maximum absolute atomic E-state index is 13.4. The largest absolute Gasteiger partial charge is 0.485 e. The maximum Gasteiger partial charge on any atom is 0.165 e. The van der Waals surface area contributed by atoms with Gasteiger partial charge in [-0.3, -0.25) is 0 Å². The summed E-state index contributed by atoms with van der Waals surface area (Å²) in [5.41, 5.74) is 0. The highest BCUT2D eigenvalue weighted by molar-refractivity contribution is 7.19. The van der Waals surface area contributed by atoms with Gasteiger partial charge in [-0.1, -0.05) is 18.2 Å². The fourth-order valence-electron chi connectivity index (χ4n) is 1.84.